The molecule has 0 aliphatic carbocycles. The van der Waals surface area contributed by atoms with Crippen LogP contribution in [0, 0.1) is 6.92 Å². The number of rotatable bonds is 3. The Kier molecular flexibility index (Phi) is 3.41. The second kappa shape index (κ2) is 5.24. The van der Waals surface area contributed by atoms with Crippen LogP contribution in [0.1, 0.15) is 35.5 Å². The van der Waals surface area contributed by atoms with E-state index in [1.54, 1.807) is 4.90 Å². The number of fused-ring (bicyclic) bond motifs is 3. The predicted octanol–water partition coefficient (Wildman–Crippen LogP) is 3.02. The highest BCUT2D eigenvalue weighted by molar-refractivity contribution is 5.95. The van der Waals surface area contributed by atoms with E-state index in [4.69, 9.17) is 9.26 Å². The third-order valence-electron chi connectivity index (χ3n) is 3.79. The molecule has 1 amide bonds. The first-order valence-corrected chi connectivity index (χ1v) is 7.17. The van der Waals surface area contributed by atoms with Crippen LogP contribution in [-0.4, -0.2) is 29.1 Å². The number of benzene rings is 1. The minimum absolute atomic E-state index is 0.107. The molecule has 0 unspecified atom stereocenters. The van der Waals surface area contributed by atoms with Crippen molar-refractivity contribution in [1.29, 1.82) is 0 Å². The van der Waals surface area contributed by atoms with Gasteiger partial charge in [0.15, 0.2) is 11.5 Å². The Balaban J connectivity index is 2.05. The molecule has 0 radical (unpaired) electrons. The first kappa shape index (κ1) is 13.7. The zero-order chi connectivity index (χ0) is 15.0. The fourth-order valence-corrected chi connectivity index (χ4v) is 2.58. The highest BCUT2D eigenvalue weighted by atomic mass is 16.5. The molecule has 2 aromatic rings. The van der Waals surface area contributed by atoms with E-state index in [0.717, 1.165) is 22.4 Å². The van der Waals surface area contributed by atoms with Crippen molar-refractivity contribution in [1.82, 2.24) is 10.1 Å². The van der Waals surface area contributed by atoms with E-state index in [0.29, 0.717) is 31.2 Å². The SMILES string of the molecule is CCN(CC)C(=O)c1noc2c1COc1ccc(C)cc1-2. The predicted molar refractivity (Wildman–Crippen MR) is 78.3 cm³/mol. The molecule has 1 aliphatic heterocycles. The van der Waals surface area contributed by atoms with Crippen LogP contribution in [-0.2, 0) is 6.61 Å². The number of aromatic nitrogens is 1. The third kappa shape index (κ3) is 2.18. The van der Waals surface area contributed by atoms with Crippen LogP contribution in [0.15, 0.2) is 22.7 Å². The Morgan fingerprint density at radius 2 is 2.10 bits per heavy atom. The number of ether oxygens (including phenoxy) is 1. The van der Waals surface area contributed by atoms with E-state index in [1.807, 2.05) is 39.0 Å². The summed E-state index contributed by atoms with van der Waals surface area (Å²) >= 11 is 0. The maximum atomic E-state index is 12.5. The van der Waals surface area contributed by atoms with E-state index in [1.165, 1.54) is 0 Å². The Morgan fingerprint density at radius 3 is 2.81 bits per heavy atom. The average Bonchev–Trinajstić information content (AvgIpc) is 2.92. The van der Waals surface area contributed by atoms with E-state index in [2.05, 4.69) is 5.16 Å². The molecular weight excluding hydrogens is 268 g/mol. The molecular formula is C16H18N2O3. The summed E-state index contributed by atoms with van der Waals surface area (Å²) in [5, 5.41) is 4.00. The smallest absolute Gasteiger partial charge is 0.276 e. The Hall–Kier alpha value is -2.30. The summed E-state index contributed by atoms with van der Waals surface area (Å²) < 4.78 is 11.2. The molecule has 0 saturated carbocycles. The summed E-state index contributed by atoms with van der Waals surface area (Å²) in [6, 6.07) is 5.90. The van der Waals surface area contributed by atoms with E-state index >= 15 is 0 Å². The van der Waals surface area contributed by atoms with Crippen molar-refractivity contribution >= 4 is 5.91 Å². The van der Waals surface area contributed by atoms with Crippen LogP contribution in [0.4, 0.5) is 0 Å². The second-order valence-electron chi connectivity index (χ2n) is 5.10. The van der Waals surface area contributed by atoms with Crippen LogP contribution in [0.5, 0.6) is 5.75 Å². The zero-order valence-corrected chi connectivity index (χ0v) is 12.5. The van der Waals surface area contributed by atoms with Gasteiger partial charge in [-0.3, -0.25) is 4.79 Å². The van der Waals surface area contributed by atoms with Gasteiger partial charge in [0.1, 0.15) is 12.4 Å². The third-order valence-corrected chi connectivity index (χ3v) is 3.79. The van der Waals surface area contributed by atoms with Gasteiger partial charge in [0, 0.05) is 13.1 Å². The summed E-state index contributed by atoms with van der Waals surface area (Å²) in [5.41, 5.74) is 3.08. The van der Waals surface area contributed by atoms with Gasteiger partial charge in [0.2, 0.25) is 0 Å². The molecule has 2 heterocycles. The molecule has 5 nitrogen and oxygen atoms in total. The molecule has 0 fully saturated rings. The number of carbonyl (C=O) groups is 1. The molecule has 0 saturated heterocycles. The van der Waals surface area contributed by atoms with Crippen molar-refractivity contribution in [2.45, 2.75) is 27.4 Å². The molecule has 1 aromatic heterocycles. The lowest BCUT2D eigenvalue weighted by atomic mass is 10.0. The zero-order valence-electron chi connectivity index (χ0n) is 12.5. The lowest BCUT2D eigenvalue weighted by molar-refractivity contribution is 0.0760. The highest BCUT2D eigenvalue weighted by Crippen LogP contribution is 2.39. The summed E-state index contributed by atoms with van der Waals surface area (Å²) in [6.07, 6.45) is 0. The van der Waals surface area contributed by atoms with Crippen molar-refractivity contribution in [3.63, 3.8) is 0 Å². The summed E-state index contributed by atoms with van der Waals surface area (Å²) in [6.45, 7) is 7.51. The monoisotopic (exact) mass is 286 g/mol. The van der Waals surface area contributed by atoms with Gasteiger partial charge < -0.3 is 14.2 Å². The number of hydrogen-bond acceptors (Lipinski definition) is 4. The Labute approximate surface area is 123 Å². The van der Waals surface area contributed by atoms with Gasteiger partial charge in [-0.15, -0.1) is 0 Å². The molecule has 3 rings (SSSR count). The summed E-state index contributed by atoms with van der Waals surface area (Å²) in [5.74, 6) is 1.31. The molecule has 0 atom stereocenters. The largest absolute Gasteiger partial charge is 0.488 e. The molecule has 110 valence electrons. The van der Waals surface area contributed by atoms with Crippen LogP contribution in [0.2, 0.25) is 0 Å². The number of amides is 1. The Morgan fingerprint density at radius 1 is 1.33 bits per heavy atom. The Bertz CT molecular complexity index is 687. The van der Waals surface area contributed by atoms with Crippen LogP contribution >= 0.6 is 0 Å². The van der Waals surface area contributed by atoms with Gasteiger partial charge in [-0.25, -0.2) is 0 Å². The van der Waals surface area contributed by atoms with E-state index in [9.17, 15) is 4.79 Å². The van der Waals surface area contributed by atoms with Crippen molar-refractivity contribution in [2.24, 2.45) is 0 Å². The summed E-state index contributed by atoms with van der Waals surface area (Å²) in [7, 11) is 0. The van der Waals surface area contributed by atoms with Crippen LogP contribution < -0.4 is 4.74 Å². The van der Waals surface area contributed by atoms with Gasteiger partial charge in [0.25, 0.3) is 5.91 Å². The normalized spacial score (nSPS) is 12.3. The average molecular weight is 286 g/mol. The highest BCUT2D eigenvalue weighted by Gasteiger charge is 2.30. The van der Waals surface area contributed by atoms with Gasteiger partial charge in [-0.1, -0.05) is 16.8 Å². The lowest BCUT2D eigenvalue weighted by Crippen LogP contribution is -2.31. The van der Waals surface area contributed by atoms with Crippen molar-refractivity contribution < 1.29 is 14.1 Å². The van der Waals surface area contributed by atoms with Crippen molar-refractivity contribution in [3.8, 4) is 17.1 Å². The molecule has 0 spiro atoms. The first-order valence-electron chi connectivity index (χ1n) is 7.17. The van der Waals surface area contributed by atoms with E-state index in [-0.39, 0.29) is 5.91 Å². The fraction of sp³-hybridized carbons (Fsp3) is 0.375. The number of aryl methyl sites for hydroxylation is 1. The maximum Gasteiger partial charge on any atom is 0.276 e. The minimum atomic E-state index is -0.107. The molecule has 1 aliphatic rings. The van der Waals surface area contributed by atoms with Crippen molar-refractivity contribution in [2.75, 3.05) is 13.1 Å². The van der Waals surface area contributed by atoms with Gasteiger partial charge in [-0.2, -0.15) is 0 Å². The molecule has 5 heteroatoms. The quantitative estimate of drug-likeness (QED) is 0.870. The molecule has 0 bridgehead atoms. The molecule has 0 N–H and O–H groups in total. The van der Waals surface area contributed by atoms with Gasteiger partial charge in [-0.05, 0) is 32.9 Å². The van der Waals surface area contributed by atoms with Crippen LogP contribution in [0.3, 0.4) is 0 Å². The number of carbonyl (C=O) groups excluding carboxylic acids is 1. The fourth-order valence-electron chi connectivity index (χ4n) is 2.58. The molecule has 1 aromatic carbocycles. The first-order chi connectivity index (χ1) is 10.2. The van der Waals surface area contributed by atoms with Crippen molar-refractivity contribution in [3.05, 3.63) is 35.0 Å². The minimum Gasteiger partial charge on any atom is -0.488 e. The maximum absolute atomic E-state index is 12.5. The number of hydrogen-bond donors (Lipinski definition) is 0. The van der Waals surface area contributed by atoms with Gasteiger partial charge >= 0.3 is 0 Å². The lowest BCUT2D eigenvalue weighted by Gasteiger charge is -2.19. The summed E-state index contributed by atoms with van der Waals surface area (Å²) in [4.78, 5) is 14.2. The van der Waals surface area contributed by atoms with E-state index < -0.39 is 0 Å². The topological polar surface area (TPSA) is 55.6 Å². The molecule has 21 heavy (non-hydrogen) atoms. The second-order valence-corrected chi connectivity index (χ2v) is 5.10. The number of nitrogens with zero attached hydrogens (tertiary/aromatic N) is 2. The standard InChI is InChI=1S/C16H18N2O3/c1-4-18(5-2)16(19)14-12-9-20-13-7-6-10(3)8-11(13)15(12)21-17-14/h6-8H,4-5,9H2,1-3H3. The van der Waals surface area contributed by atoms with Crippen LogP contribution in [0.25, 0.3) is 11.3 Å². The van der Waals surface area contributed by atoms with Gasteiger partial charge in [0.05, 0.1) is 11.1 Å².